The summed E-state index contributed by atoms with van der Waals surface area (Å²) in [7, 11) is 0. The zero-order valence-electron chi connectivity index (χ0n) is 14.0. The van der Waals surface area contributed by atoms with E-state index in [1.165, 1.54) is 6.42 Å². The summed E-state index contributed by atoms with van der Waals surface area (Å²) in [5, 5.41) is 6.22. The first-order valence-corrected chi connectivity index (χ1v) is 7.95. The van der Waals surface area contributed by atoms with Gasteiger partial charge in [-0.1, -0.05) is 26.7 Å². The van der Waals surface area contributed by atoms with Crippen molar-refractivity contribution in [3.63, 3.8) is 0 Å². The molecule has 0 saturated heterocycles. The van der Waals surface area contributed by atoms with Crippen LogP contribution in [0.15, 0.2) is 12.1 Å². The summed E-state index contributed by atoms with van der Waals surface area (Å²) in [6.07, 6.45) is 3.38. The molecule has 1 amide bonds. The fraction of sp³-hybridized carbons (Fsp3) is 0.647. The Kier molecular flexibility index (Phi) is 7.20. The van der Waals surface area contributed by atoms with Crippen LogP contribution in [0.2, 0.25) is 0 Å². The minimum Gasteiger partial charge on any atom is -0.370 e. The van der Waals surface area contributed by atoms with Crippen LogP contribution in [0.25, 0.3) is 0 Å². The van der Waals surface area contributed by atoms with Crippen molar-refractivity contribution >= 4 is 11.7 Å². The van der Waals surface area contributed by atoms with Crippen LogP contribution in [0.5, 0.6) is 0 Å². The number of carbonyl (C=O) groups excluding carboxylic acids is 1. The molecule has 0 aliphatic heterocycles. The lowest BCUT2D eigenvalue weighted by Crippen LogP contribution is -2.32. The number of hydrogen-bond donors (Lipinski definition) is 2. The lowest BCUT2D eigenvalue weighted by Gasteiger charge is -2.15. The number of pyridine rings is 1. The number of carbonyl (C=O) groups is 1. The molecule has 0 aliphatic carbocycles. The highest BCUT2D eigenvalue weighted by molar-refractivity contribution is 5.95. The molecule has 4 heteroatoms. The van der Waals surface area contributed by atoms with Gasteiger partial charge in [-0.05, 0) is 45.2 Å². The van der Waals surface area contributed by atoms with E-state index >= 15 is 0 Å². The number of anilines is 1. The number of aryl methyl sites for hydroxylation is 1. The molecule has 1 aromatic rings. The van der Waals surface area contributed by atoms with E-state index in [1.54, 1.807) is 0 Å². The van der Waals surface area contributed by atoms with Gasteiger partial charge in [0, 0.05) is 23.8 Å². The summed E-state index contributed by atoms with van der Waals surface area (Å²) < 4.78 is 0. The standard InChI is InChI=1S/C17H29N3O/c1-6-18-16-11-15(10-14(5)19-16)17(21)20-13(4)9-7-8-12(2)3/h10-13H,6-9H2,1-5H3,(H,18,19)(H,20,21). The molecule has 0 radical (unpaired) electrons. The number of nitrogens with zero attached hydrogens (tertiary/aromatic N) is 1. The monoisotopic (exact) mass is 291 g/mol. The van der Waals surface area contributed by atoms with Gasteiger partial charge in [0.15, 0.2) is 0 Å². The fourth-order valence-electron chi connectivity index (χ4n) is 2.28. The Balaban J connectivity index is 2.58. The summed E-state index contributed by atoms with van der Waals surface area (Å²) >= 11 is 0. The Morgan fingerprint density at radius 2 is 1.95 bits per heavy atom. The second-order valence-electron chi connectivity index (χ2n) is 6.11. The smallest absolute Gasteiger partial charge is 0.251 e. The van der Waals surface area contributed by atoms with Gasteiger partial charge in [0.05, 0.1) is 0 Å². The van der Waals surface area contributed by atoms with E-state index in [1.807, 2.05) is 26.0 Å². The zero-order valence-corrected chi connectivity index (χ0v) is 14.0. The SMILES string of the molecule is CCNc1cc(C(=O)NC(C)CCCC(C)C)cc(C)n1. The maximum atomic E-state index is 12.3. The Morgan fingerprint density at radius 3 is 2.57 bits per heavy atom. The maximum Gasteiger partial charge on any atom is 0.251 e. The van der Waals surface area contributed by atoms with Crippen molar-refractivity contribution < 1.29 is 4.79 Å². The van der Waals surface area contributed by atoms with Gasteiger partial charge in [-0.25, -0.2) is 4.98 Å². The molecule has 1 atom stereocenters. The molecule has 21 heavy (non-hydrogen) atoms. The molecule has 0 bridgehead atoms. The Hall–Kier alpha value is -1.58. The number of amides is 1. The number of hydrogen-bond acceptors (Lipinski definition) is 3. The van der Waals surface area contributed by atoms with E-state index < -0.39 is 0 Å². The predicted molar refractivity (Wildman–Crippen MR) is 88.8 cm³/mol. The molecule has 0 saturated carbocycles. The normalized spacial score (nSPS) is 12.3. The summed E-state index contributed by atoms with van der Waals surface area (Å²) in [6.45, 7) is 11.2. The van der Waals surface area contributed by atoms with E-state index in [2.05, 4.69) is 36.4 Å². The molecule has 4 nitrogen and oxygen atoms in total. The van der Waals surface area contributed by atoms with Gasteiger partial charge in [0.2, 0.25) is 0 Å². The average Bonchev–Trinajstić information content (AvgIpc) is 2.37. The van der Waals surface area contributed by atoms with E-state index in [9.17, 15) is 4.79 Å². The van der Waals surface area contributed by atoms with Crippen molar-refractivity contribution in [2.75, 3.05) is 11.9 Å². The molecule has 1 aromatic heterocycles. The molecule has 0 aromatic carbocycles. The molecule has 1 rings (SSSR count). The van der Waals surface area contributed by atoms with Crippen LogP contribution in [0.4, 0.5) is 5.82 Å². The molecular formula is C17H29N3O. The van der Waals surface area contributed by atoms with Gasteiger partial charge in [-0.15, -0.1) is 0 Å². The Bertz CT molecular complexity index is 457. The molecule has 0 aliphatic rings. The van der Waals surface area contributed by atoms with Gasteiger partial charge in [0.25, 0.3) is 5.91 Å². The third-order valence-corrected chi connectivity index (χ3v) is 3.37. The van der Waals surface area contributed by atoms with Crippen molar-refractivity contribution in [2.24, 2.45) is 5.92 Å². The van der Waals surface area contributed by atoms with Crippen LogP contribution < -0.4 is 10.6 Å². The topological polar surface area (TPSA) is 54.0 Å². The van der Waals surface area contributed by atoms with Crippen LogP contribution in [0.1, 0.15) is 63.0 Å². The highest BCUT2D eigenvalue weighted by atomic mass is 16.1. The summed E-state index contributed by atoms with van der Waals surface area (Å²) in [6, 6.07) is 3.84. The van der Waals surface area contributed by atoms with Crippen molar-refractivity contribution in [3.8, 4) is 0 Å². The van der Waals surface area contributed by atoms with Crippen molar-refractivity contribution in [2.45, 2.75) is 59.9 Å². The summed E-state index contributed by atoms with van der Waals surface area (Å²) in [4.78, 5) is 16.7. The number of nitrogens with one attached hydrogen (secondary N) is 2. The number of aromatic nitrogens is 1. The minimum absolute atomic E-state index is 0.0169. The molecule has 118 valence electrons. The summed E-state index contributed by atoms with van der Waals surface area (Å²) in [5.74, 6) is 1.46. The van der Waals surface area contributed by atoms with Gasteiger partial charge in [0.1, 0.15) is 5.82 Å². The first-order valence-electron chi connectivity index (χ1n) is 7.95. The van der Waals surface area contributed by atoms with Crippen molar-refractivity contribution in [1.82, 2.24) is 10.3 Å². The first-order chi connectivity index (χ1) is 9.92. The molecule has 1 unspecified atom stereocenters. The van der Waals surface area contributed by atoms with Gasteiger partial charge in [-0.3, -0.25) is 4.79 Å². The maximum absolute atomic E-state index is 12.3. The zero-order chi connectivity index (χ0) is 15.8. The molecule has 0 fully saturated rings. The highest BCUT2D eigenvalue weighted by Gasteiger charge is 2.11. The molecule has 2 N–H and O–H groups in total. The van der Waals surface area contributed by atoms with E-state index in [0.717, 1.165) is 36.8 Å². The van der Waals surface area contributed by atoms with Gasteiger partial charge in [-0.2, -0.15) is 0 Å². The van der Waals surface area contributed by atoms with Crippen LogP contribution in [0, 0.1) is 12.8 Å². The predicted octanol–water partition coefficient (Wildman–Crippen LogP) is 3.77. The second kappa shape index (κ2) is 8.65. The second-order valence-corrected chi connectivity index (χ2v) is 6.11. The van der Waals surface area contributed by atoms with Crippen LogP contribution in [-0.4, -0.2) is 23.5 Å². The molecular weight excluding hydrogens is 262 g/mol. The fourth-order valence-corrected chi connectivity index (χ4v) is 2.28. The molecule has 0 spiro atoms. The summed E-state index contributed by atoms with van der Waals surface area (Å²) in [5.41, 5.74) is 1.53. The van der Waals surface area contributed by atoms with E-state index in [-0.39, 0.29) is 11.9 Å². The Labute approximate surface area is 128 Å². The average molecular weight is 291 g/mol. The lowest BCUT2D eigenvalue weighted by molar-refractivity contribution is 0.0937. The van der Waals surface area contributed by atoms with E-state index in [0.29, 0.717) is 5.56 Å². The van der Waals surface area contributed by atoms with Crippen LogP contribution in [0.3, 0.4) is 0 Å². The number of rotatable bonds is 8. The van der Waals surface area contributed by atoms with E-state index in [4.69, 9.17) is 0 Å². The third kappa shape index (κ3) is 6.61. The molecule has 1 heterocycles. The highest BCUT2D eigenvalue weighted by Crippen LogP contribution is 2.12. The third-order valence-electron chi connectivity index (χ3n) is 3.37. The van der Waals surface area contributed by atoms with Crippen LogP contribution in [-0.2, 0) is 0 Å². The first kappa shape index (κ1) is 17.5. The van der Waals surface area contributed by atoms with Crippen LogP contribution >= 0.6 is 0 Å². The Morgan fingerprint density at radius 1 is 1.24 bits per heavy atom. The minimum atomic E-state index is -0.0169. The lowest BCUT2D eigenvalue weighted by atomic mass is 10.0. The quantitative estimate of drug-likeness (QED) is 0.766. The largest absolute Gasteiger partial charge is 0.370 e. The van der Waals surface area contributed by atoms with Gasteiger partial charge < -0.3 is 10.6 Å². The van der Waals surface area contributed by atoms with Crippen molar-refractivity contribution in [1.29, 1.82) is 0 Å². The van der Waals surface area contributed by atoms with Crippen molar-refractivity contribution in [3.05, 3.63) is 23.4 Å². The van der Waals surface area contributed by atoms with Gasteiger partial charge >= 0.3 is 0 Å².